The maximum atomic E-state index is 6.45. The molecule has 28 heavy (non-hydrogen) atoms. The fourth-order valence-electron chi connectivity index (χ4n) is 2.94. The molecule has 0 aromatic heterocycles. The van der Waals surface area contributed by atoms with Gasteiger partial charge in [-0.15, -0.1) is 0 Å². The van der Waals surface area contributed by atoms with Gasteiger partial charge in [0.15, 0.2) is 0 Å². The Bertz CT molecular complexity index is 359. The van der Waals surface area contributed by atoms with Gasteiger partial charge in [0.25, 0.3) is 0 Å². The van der Waals surface area contributed by atoms with E-state index in [4.69, 9.17) is 17.7 Å². The normalized spacial score (nSPS) is 13.2. The molecule has 0 radical (unpaired) electrons. The lowest BCUT2D eigenvalue weighted by molar-refractivity contribution is 0.158. The Labute approximate surface area is 177 Å². The smallest absolute Gasteiger partial charge is 0.341 e. The fourth-order valence-corrected chi connectivity index (χ4v) is 11.1. The van der Waals surface area contributed by atoms with Crippen LogP contribution in [-0.4, -0.2) is 43.5 Å². The van der Waals surface area contributed by atoms with Gasteiger partial charge < -0.3 is 17.7 Å². The third-order valence-corrected chi connectivity index (χ3v) is 11.7. The molecule has 0 atom stereocenters. The van der Waals surface area contributed by atoms with Crippen molar-refractivity contribution in [3.8, 4) is 0 Å². The Morgan fingerprint density at radius 3 is 1.04 bits per heavy atom. The third-order valence-electron chi connectivity index (χ3n) is 4.49. The Balaban J connectivity index is 5.54. The minimum Gasteiger partial charge on any atom is -0.394 e. The summed E-state index contributed by atoms with van der Waals surface area (Å²) in [5.74, 6) is 0. The molecule has 4 nitrogen and oxygen atoms in total. The van der Waals surface area contributed by atoms with Crippen LogP contribution in [0.3, 0.4) is 0 Å². The van der Waals surface area contributed by atoms with Gasteiger partial charge in [-0.1, -0.05) is 52.0 Å². The number of allylic oxidation sites excluding steroid dienone is 4. The van der Waals surface area contributed by atoms with Crippen LogP contribution in [0.15, 0.2) is 24.3 Å². The van der Waals surface area contributed by atoms with Crippen LogP contribution in [0, 0.1) is 0 Å². The molecule has 6 heteroatoms. The Morgan fingerprint density at radius 1 is 0.536 bits per heavy atom. The zero-order valence-electron chi connectivity index (χ0n) is 19.4. The highest BCUT2D eigenvalue weighted by atomic mass is 28.4. The van der Waals surface area contributed by atoms with Crippen LogP contribution in [0.4, 0.5) is 0 Å². The lowest BCUT2D eigenvalue weighted by Crippen LogP contribution is -2.48. The van der Waals surface area contributed by atoms with E-state index in [1.54, 1.807) is 0 Å². The standard InChI is InChI=1S/C22H46O4Si2/c1-7-13-19-27(23-15-9-3,24-16-10-4)21-22-28(20-14-8-2,25-17-11-5)26-18-12-6/h7-8,13-14H,9-12,15-22H2,1-6H3. The van der Waals surface area contributed by atoms with Crippen LogP contribution in [0.1, 0.15) is 67.2 Å². The summed E-state index contributed by atoms with van der Waals surface area (Å²) in [6, 6.07) is 3.68. The molecule has 0 unspecified atom stereocenters. The summed E-state index contributed by atoms with van der Waals surface area (Å²) in [6.07, 6.45) is 12.7. The molecule has 0 N–H and O–H groups in total. The summed E-state index contributed by atoms with van der Waals surface area (Å²) in [5.41, 5.74) is 0. The predicted molar refractivity (Wildman–Crippen MR) is 125 cm³/mol. The molecular formula is C22H46O4Si2. The summed E-state index contributed by atoms with van der Waals surface area (Å²) >= 11 is 0. The van der Waals surface area contributed by atoms with E-state index in [9.17, 15) is 0 Å². The van der Waals surface area contributed by atoms with Crippen LogP contribution in [0.25, 0.3) is 0 Å². The topological polar surface area (TPSA) is 36.9 Å². The summed E-state index contributed by atoms with van der Waals surface area (Å²) < 4.78 is 25.8. The van der Waals surface area contributed by atoms with Crippen molar-refractivity contribution >= 4 is 17.1 Å². The quantitative estimate of drug-likeness (QED) is 0.168. The van der Waals surface area contributed by atoms with E-state index in [1.807, 2.05) is 0 Å². The van der Waals surface area contributed by atoms with Gasteiger partial charge in [-0.3, -0.25) is 0 Å². The van der Waals surface area contributed by atoms with Crippen molar-refractivity contribution in [3.05, 3.63) is 24.3 Å². The Hall–Kier alpha value is -0.246. The number of hydrogen-bond donors (Lipinski definition) is 0. The van der Waals surface area contributed by atoms with E-state index in [0.29, 0.717) is 0 Å². The van der Waals surface area contributed by atoms with E-state index < -0.39 is 17.1 Å². The van der Waals surface area contributed by atoms with Crippen LogP contribution < -0.4 is 0 Å². The van der Waals surface area contributed by atoms with Gasteiger partial charge in [-0.25, -0.2) is 0 Å². The van der Waals surface area contributed by atoms with Gasteiger partial charge in [-0.2, -0.15) is 0 Å². The molecule has 0 rings (SSSR count). The molecule has 0 amide bonds. The molecule has 0 spiro atoms. The zero-order valence-corrected chi connectivity index (χ0v) is 21.4. The second-order valence-electron chi connectivity index (χ2n) is 7.26. The average molecular weight is 431 g/mol. The molecule has 0 aromatic carbocycles. The highest BCUT2D eigenvalue weighted by molar-refractivity contribution is 6.73. The Morgan fingerprint density at radius 2 is 0.821 bits per heavy atom. The van der Waals surface area contributed by atoms with Crippen LogP contribution in [0.2, 0.25) is 24.2 Å². The first-order chi connectivity index (χ1) is 13.6. The SMILES string of the molecule is CC=CC[Si](CC[Si](CC=CC)(OCCC)OCCC)(OCCC)OCCC. The minimum absolute atomic E-state index is 0.766. The fraction of sp³-hybridized carbons (Fsp3) is 0.818. The number of hydrogen-bond acceptors (Lipinski definition) is 4. The zero-order chi connectivity index (χ0) is 21.1. The summed E-state index contributed by atoms with van der Waals surface area (Å²) in [4.78, 5) is 0. The first kappa shape index (κ1) is 27.8. The van der Waals surface area contributed by atoms with Crippen LogP contribution in [-0.2, 0) is 17.7 Å². The van der Waals surface area contributed by atoms with Gasteiger partial charge >= 0.3 is 17.1 Å². The largest absolute Gasteiger partial charge is 0.394 e. The molecule has 0 aliphatic carbocycles. The van der Waals surface area contributed by atoms with E-state index in [1.165, 1.54) is 0 Å². The Kier molecular flexibility index (Phi) is 17.4. The summed E-state index contributed by atoms with van der Waals surface area (Å²) in [6.45, 7) is 15.8. The molecule has 0 aromatic rings. The maximum Gasteiger partial charge on any atom is 0.341 e. The van der Waals surface area contributed by atoms with E-state index >= 15 is 0 Å². The monoisotopic (exact) mass is 430 g/mol. The molecule has 0 aliphatic heterocycles. The molecular weight excluding hydrogens is 384 g/mol. The minimum atomic E-state index is -2.32. The van der Waals surface area contributed by atoms with Crippen molar-refractivity contribution in [2.75, 3.05) is 26.4 Å². The van der Waals surface area contributed by atoms with E-state index in [0.717, 1.165) is 76.3 Å². The predicted octanol–water partition coefficient (Wildman–Crippen LogP) is 6.73. The molecule has 0 saturated heterocycles. The van der Waals surface area contributed by atoms with Crippen molar-refractivity contribution in [2.45, 2.75) is 91.4 Å². The van der Waals surface area contributed by atoms with Gasteiger partial charge in [0.05, 0.1) is 0 Å². The van der Waals surface area contributed by atoms with Crippen molar-refractivity contribution in [2.24, 2.45) is 0 Å². The van der Waals surface area contributed by atoms with Crippen molar-refractivity contribution < 1.29 is 17.7 Å². The molecule has 166 valence electrons. The number of rotatable bonds is 19. The van der Waals surface area contributed by atoms with Crippen LogP contribution >= 0.6 is 0 Å². The van der Waals surface area contributed by atoms with Gasteiger partial charge in [-0.05, 0) is 51.6 Å². The van der Waals surface area contributed by atoms with Gasteiger partial charge in [0.1, 0.15) is 0 Å². The van der Waals surface area contributed by atoms with Crippen molar-refractivity contribution in [1.29, 1.82) is 0 Å². The maximum absolute atomic E-state index is 6.45. The molecule has 0 saturated carbocycles. The summed E-state index contributed by atoms with van der Waals surface area (Å²) in [5, 5.41) is 0. The van der Waals surface area contributed by atoms with Crippen molar-refractivity contribution in [3.63, 3.8) is 0 Å². The highest BCUT2D eigenvalue weighted by Crippen LogP contribution is 2.31. The molecule has 0 heterocycles. The molecule has 0 aliphatic rings. The summed E-state index contributed by atoms with van der Waals surface area (Å²) in [7, 11) is -4.64. The lowest BCUT2D eigenvalue weighted by atomic mass is 10.5. The van der Waals surface area contributed by atoms with Crippen LogP contribution in [0.5, 0.6) is 0 Å². The highest BCUT2D eigenvalue weighted by Gasteiger charge is 2.43. The third kappa shape index (κ3) is 11.7. The van der Waals surface area contributed by atoms with E-state index in [-0.39, 0.29) is 0 Å². The second kappa shape index (κ2) is 17.6. The van der Waals surface area contributed by atoms with Gasteiger partial charge in [0, 0.05) is 38.5 Å². The first-order valence-electron chi connectivity index (χ1n) is 11.4. The van der Waals surface area contributed by atoms with Crippen molar-refractivity contribution in [1.82, 2.24) is 0 Å². The lowest BCUT2D eigenvalue weighted by Gasteiger charge is -2.35. The van der Waals surface area contributed by atoms with Gasteiger partial charge in [0.2, 0.25) is 0 Å². The first-order valence-corrected chi connectivity index (χ1v) is 15.8. The molecule has 0 fully saturated rings. The second-order valence-corrected chi connectivity index (χ2v) is 13.9. The van der Waals surface area contributed by atoms with E-state index in [2.05, 4.69) is 65.8 Å². The molecule has 0 bridgehead atoms. The average Bonchev–Trinajstić information content (AvgIpc) is 2.73.